The molecule has 1 saturated heterocycles. The topological polar surface area (TPSA) is 59.1 Å². The standard InChI is InChI=1S/C14H22N2O4S/c1-19-13-3-5-14(6-4-13)20-12-11-15-7-9-16(10-8-15)21(2,17)18/h3-6H,7-12H2,1-2H3. The fraction of sp³-hybridized carbons (Fsp3) is 0.571. The fourth-order valence-corrected chi connectivity index (χ4v) is 3.08. The Morgan fingerprint density at radius 2 is 1.62 bits per heavy atom. The number of piperazine rings is 1. The number of benzene rings is 1. The summed E-state index contributed by atoms with van der Waals surface area (Å²) in [6, 6.07) is 7.47. The monoisotopic (exact) mass is 314 g/mol. The summed E-state index contributed by atoms with van der Waals surface area (Å²) in [6.07, 6.45) is 1.26. The Labute approximate surface area is 126 Å². The van der Waals surface area contributed by atoms with E-state index in [1.54, 1.807) is 7.11 Å². The predicted molar refractivity (Wildman–Crippen MR) is 81.3 cm³/mol. The Bertz CT molecular complexity index is 537. The van der Waals surface area contributed by atoms with Gasteiger partial charge in [-0.2, -0.15) is 4.31 Å². The van der Waals surface area contributed by atoms with Gasteiger partial charge in [0.05, 0.1) is 13.4 Å². The van der Waals surface area contributed by atoms with Crippen LogP contribution in [0.1, 0.15) is 0 Å². The van der Waals surface area contributed by atoms with Crippen LogP contribution in [0.3, 0.4) is 0 Å². The number of methoxy groups -OCH3 is 1. The Morgan fingerprint density at radius 3 is 2.14 bits per heavy atom. The van der Waals surface area contributed by atoms with Crippen LogP contribution in [0.25, 0.3) is 0 Å². The number of nitrogens with zero attached hydrogens (tertiary/aromatic N) is 2. The van der Waals surface area contributed by atoms with E-state index in [-0.39, 0.29) is 0 Å². The fourth-order valence-electron chi connectivity index (χ4n) is 2.25. The van der Waals surface area contributed by atoms with Gasteiger partial charge in [-0.05, 0) is 24.3 Å². The molecule has 21 heavy (non-hydrogen) atoms. The second-order valence-electron chi connectivity index (χ2n) is 5.03. The zero-order chi connectivity index (χ0) is 15.3. The number of sulfonamides is 1. The molecule has 1 fully saturated rings. The maximum Gasteiger partial charge on any atom is 0.211 e. The van der Waals surface area contributed by atoms with Gasteiger partial charge >= 0.3 is 0 Å². The van der Waals surface area contributed by atoms with Gasteiger partial charge in [0.2, 0.25) is 10.0 Å². The van der Waals surface area contributed by atoms with E-state index in [0.717, 1.165) is 31.1 Å². The Kier molecular flexibility index (Phi) is 5.44. The highest BCUT2D eigenvalue weighted by molar-refractivity contribution is 7.88. The predicted octanol–water partition coefficient (Wildman–Crippen LogP) is 0.651. The van der Waals surface area contributed by atoms with Crippen molar-refractivity contribution >= 4 is 10.0 Å². The highest BCUT2D eigenvalue weighted by atomic mass is 32.2. The summed E-state index contributed by atoms with van der Waals surface area (Å²) in [5.74, 6) is 1.62. The molecular formula is C14H22N2O4S. The van der Waals surface area contributed by atoms with Gasteiger partial charge in [-0.15, -0.1) is 0 Å². The maximum absolute atomic E-state index is 11.4. The molecule has 0 saturated carbocycles. The SMILES string of the molecule is COc1ccc(OCCN2CCN(S(C)(=O)=O)CC2)cc1. The minimum absolute atomic E-state index is 0.557. The van der Waals surface area contributed by atoms with E-state index in [2.05, 4.69) is 4.90 Å². The molecule has 0 spiro atoms. The van der Waals surface area contributed by atoms with Crippen LogP contribution >= 0.6 is 0 Å². The van der Waals surface area contributed by atoms with Crippen molar-refractivity contribution in [1.29, 1.82) is 0 Å². The third-order valence-corrected chi connectivity index (χ3v) is 4.84. The molecule has 1 aromatic rings. The molecule has 1 aliphatic rings. The summed E-state index contributed by atoms with van der Waals surface area (Å²) in [7, 11) is -1.42. The molecule has 1 aromatic carbocycles. The van der Waals surface area contributed by atoms with Gasteiger partial charge in [0, 0.05) is 32.7 Å². The van der Waals surface area contributed by atoms with E-state index in [4.69, 9.17) is 9.47 Å². The first-order chi connectivity index (χ1) is 9.99. The average Bonchev–Trinajstić information content (AvgIpc) is 2.47. The van der Waals surface area contributed by atoms with Crippen LogP contribution in [0.4, 0.5) is 0 Å². The second kappa shape index (κ2) is 7.11. The lowest BCUT2D eigenvalue weighted by atomic mass is 10.3. The molecule has 0 atom stereocenters. The minimum atomic E-state index is -3.06. The van der Waals surface area contributed by atoms with E-state index in [1.807, 2.05) is 24.3 Å². The van der Waals surface area contributed by atoms with Crippen LogP contribution in [0, 0.1) is 0 Å². The van der Waals surface area contributed by atoms with Gasteiger partial charge in [-0.25, -0.2) is 8.42 Å². The summed E-state index contributed by atoms with van der Waals surface area (Å²) in [6.45, 7) is 4.00. The van der Waals surface area contributed by atoms with Gasteiger partial charge in [-0.1, -0.05) is 0 Å². The first-order valence-electron chi connectivity index (χ1n) is 6.93. The van der Waals surface area contributed by atoms with Crippen molar-refractivity contribution in [2.75, 3.05) is 52.7 Å². The van der Waals surface area contributed by atoms with Crippen LogP contribution in [0.15, 0.2) is 24.3 Å². The summed E-state index contributed by atoms with van der Waals surface area (Å²) in [5, 5.41) is 0. The highest BCUT2D eigenvalue weighted by Gasteiger charge is 2.22. The van der Waals surface area contributed by atoms with Crippen molar-refractivity contribution in [1.82, 2.24) is 9.21 Å². The van der Waals surface area contributed by atoms with E-state index in [0.29, 0.717) is 19.7 Å². The summed E-state index contributed by atoms with van der Waals surface area (Å²) in [5.41, 5.74) is 0. The number of hydrogen-bond donors (Lipinski definition) is 0. The van der Waals surface area contributed by atoms with E-state index < -0.39 is 10.0 Å². The van der Waals surface area contributed by atoms with Gasteiger partial charge in [0.25, 0.3) is 0 Å². The smallest absolute Gasteiger partial charge is 0.211 e. The number of hydrogen-bond acceptors (Lipinski definition) is 5. The van der Waals surface area contributed by atoms with Gasteiger partial charge in [0.1, 0.15) is 18.1 Å². The molecule has 0 bridgehead atoms. The van der Waals surface area contributed by atoms with Crippen LogP contribution in [0.2, 0.25) is 0 Å². The number of ether oxygens (including phenoxy) is 2. The minimum Gasteiger partial charge on any atom is -0.497 e. The van der Waals surface area contributed by atoms with Crippen molar-refractivity contribution in [3.05, 3.63) is 24.3 Å². The molecule has 2 rings (SSSR count). The van der Waals surface area contributed by atoms with Gasteiger partial charge in [0.15, 0.2) is 0 Å². The average molecular weight is 314 g/mol. The zero-order valence-corrected chi connectivity index (χ0v) is 13.3. The largest absolute Gasteiger partial charge is 0.497 e. The lowest BCUT2D eigenvalue weighted by molar-refractivity contribution is 0.159. The molecule has 6 nitrogen and oxygen atoms in total. The third-order valence-electron chi connectivity index (χ3n) is 3.54. The first kappa shape index (κ1) is 16.1. The van der Waals surface area contributed by atoms with Crippen LogP contribution in [0.5, 0.6) is 11.5 Å². The van der Waals surface area contributed by atoms with Crippen molar-refractivity contribution < 1.29 is 17.9 Å². The molecule has 7 heteroatoms. The molecule has 1 aliphatic heterocycles. The maximum atomic E-state index is 11.4. The van der Waals surface area contributed by atoms with Crippen LogP contribution in [-0.2, 0) is 10.0 Å². The quantitative estimate of drug-likeness (QED) is 0.772. The van der Waals surface area contributed by atoms with Gasteiger partial charge < -0.3 is 9.47 Å². The van der Waals surface area contributed by atoms with E-state index >= 15 is 0 Å². The highest BCUT2D eigenvalue weighted by Crippen LogP contribution is 2.17. The molecule has 0 aromatic heterocycles. The van der Waals surface area contributed by atoms with Gasteiger partial charge in [-0.3, -0.25) is 4.90 Å². The molecule has 0 N–H and O–H groups in total. The number of rotatable bonds is 6. The Morgan fingerprint density at radius 1 is 1.05 bits per heavy atom. The second-order valence-corrected chi connectivity index (χ2v) is 7.01. The Hall–Kier alpha value is -1.31. The summed E-state index contributed by atoms with van der Waals surface area (Å²) in [4.78, 5) is 2.21. The molecule has 0 radical (unpaired) electrons. The van der Waals surface area contributed by atoms with Crippen molar-refractivity contribution in [3.63, 3.8) is 0 Å². The first-order valence-corrected chi connectivity index (χ1v) is 8.78. The molecule has 0 amide bonds. The van der Waals surface area contributed by atoms with E-state index in [9.17, 15) is 8.42 Å². The van der Waals surface area contributed by atoms with Crippen molar-refractivity contribution in [2.24, 2.45) is 0 Å². The summed E-state index contributed by atoms with van der Waals surface area (Å²) < 4.78 is 35.1. The van der Waals surface area contributed by atoms with E-state index in [1.165, 1.54) is 10.6 Å². The lowest BCUT2D eigenvalue weighted by Gasteiger charge is -2.33. The molecular weight excluding hydrogens is 292 g/mol. The summed E-state index contributed by atoms with van der Waals surface area (Å²) >= 11 is 0. The molecule has 1 heterocycles. The van der Waals surface area contributed by atoms with Crippen molar-refractivity contribution in [3.8, 4) is 11.5 Å². The molecule has 118 valence electrons. The van der Waals surface area contributed by atoms with Crippen LogP contribution in [-0.4, -0.2) is 70.3 Å². The normalized spacial score (nSPS) is 17.6. The molecule has 0 aliphatic carbocycles. The van der Waals surface area contributed by atoms with Crippen molar-refractivity contribution in [2.45, 2.75) is 0 Å². The Balaban J connectivity index is 1.70. The van der Waals surface area contributed by atoms with Crippen LogP contribution < -0.4 is 9.47 Å². The third kappa shape index (κ3) is 4.87. The zero-order valence-electron chi connectivity index (χ0n) is 12.5. The molecule has 0 unspecified atom stereocenters. The lowest BCUT2D eigenvalue weighted by Crippen LogP contribution is -2.49.